The Hall–Kier alpha value is -3.02. The second kappa shape index (κ2) is 4.27. The van der Waals surface area contributed by atoms with Gasteiger partial charge in [0.05, 0.1) is 16.6 Å². The summed E-state index contributed by atoms with van der Waals surface area (Å²) in [7, 11) is 0. The Morgan fingerprint density at radius 3 is 2.55 bits per heavy atom. The van der Waals surface area contributed by atoms with Crippen molar-refractivity contribution in [2.75, 3.05) is 0 Å². The molecule has 0 radical (unpaired) electrons. The molecule has 4 N–H and O–H groups in total. The Morgan fingerprint density at radius 1 is 1.05 bits per heavy atom. The standard InChI is InChI=1S/C14H10N4O2/c15-13(19)9-6-7-3-4-10-8(2-1-5-17-10)11(7)18-12(9)14(16)20/h1-6H,(H2,15,19)(H2,16,20). The summed E-state index contributed by atoms with van der Waals surface area (Å²) in [5, 5.41) is 1.48. The van der Waals surface area contributed by atoms with Crippen LogP contribution in [0.15, 0.2) is 36.5 Å². The maximum absolute atomic E-state index is 11.4. The van der Waals surface area contributed by atoms with E-state index in [9.17, 15) is 9.59 Å². The number of aromatic nitrogens is 2. The lowest BCUT2D eigenvalue weighted by Gasteiger charge is -2.07. The van der Waals surface area contributed by atoms with Gasteiger partial charge >= 0.3 is 0 Å². The fourth-order valence-corrected chi connectivity index (χ4v) is 2.17. The van der Waals surface area contributed by atoms with Crippen molar-refractivity contribution >= 4 is 33.6 Å². The summed E-state index contributed by atoms with van der Waals surface area (Å²) >= 11 is 0. The highest BCUT2D eigenvalue weighted by Crippen LogP contribution is 2.24. The first kappa shape index (κ1) is 12.0. The number of nitrogens with zero attached hydrogens (tertiary/aromatic N) is 2. The van der Waals surface area contributed by atoms with E-state index in [4.69, 9.17) is 11.5 Å². The molecule has 1 aromatic carbocycles. The maximum atomic E-state index is 11.4. The molecule has 20 heavy (non-hydrogen) atoms. The number of amides is 2. The molecule has 0 unspecified atom stereocenters. The molecule has 98 valence electrons. The van der Waals surface area contributed by atoms with Crippen LogP contribution < -0.4 is 11.5 Å². The molecule has 3 rings (SSSR count). The molecule has 0 atom stereocenters. The Balaban J connectivity index is 2.48. The second-order valence-corrected chi connectivity index (χ2v) is 4.32. The number of primary amides is 2. The van der Waals surface area contributed by atoms with Crippen LogP contribution in [-0.4, -0.2) is 21.8 Å². The molecule has 2 amide bonds. The molecule has 2 heterocycles. The number of rotatable bonds is 2. The van der Waals surface area contributed by atoms with Gasteiger partial charge in [-0.1, -0.05) is 6.07 Å². The minimum absolute atomic E-state index is 0.0215. The van der Waals surface area contributed by atoms with Crippen molar-refractivity contribution in [1.29, 1.82) is 0 Å². The van der Waals surface area contributed by atoms with Crippen LogP contribution in [0.2, 0.25) is 0 Å². The number of hydrogen-bond acceptors (Lipinski definition) is 4. The minimum atomic E-state index is -0.790. The van der Waals surface area contributed by atoms with Crippen molar-refractivity contribution in [1.82, 2.24) is 9.97 Å². The molecular formula is C14H10N4O2. The van der Waals surface area contributed by atoms with Gasteiger partial charge in [0.15, 0.2) is 0 Å². The van der Waals surface area contributed by atoms with Crippen LogP contribution in [0.5, 0.6) is 0 Å². The largest absolute Gasteiger partial charge is 0.366 e. The number of fused-ring (bicyclic) bond motifs is 3. The summed E-state index contributed by atoms with van der Waals surface area (Å²) in [6.07, 6.45) is 1.67. The SMILES string of the molecule is NC(=O)c1cc2ccc3ncccc3c2nc1C(N)=O. The van der Waals surface area contributed by atoms with E-state index in [1.54, 1.807) is 18.3 Å². The Morgan fingerprint density at radius 2 is 1.85 bits per heavy atom. The van der Waals surface area contributed by atoms with E-state index < -0.39 is 11.8 Å². The number of carbonyl (C=O) groups is 2. The van der Waals surface area contributed by atoms with Crippen molar-refractivity contribution in [3.8, 4) is 0 Å². The van der Waals surface area contributed by atoms with Crippen molar-refractivity contribution in [3.63, 3.8) is 0 Å². The molecule has 0 spiro atoms. The summed E-state index contributed by atoms with van der Waals surface area (Å²) < 4.78 is 0. The van der Waals surface area contributed by atoms with Crippen molar-refractivity contribution < 1.29 is 9.59 Å². The number of carbonyl (C=O) groups excluding carboxylic acids is 2. The van der Waals surface area contributed by atoms with Crippen LogP contribution in [0.3, 0.4) is 0 Å². The molecule has 0 bridgehead atoms. The van der Waals surface area contributed by atoms with Gasteiger partial charge in [-0.2, -0.15) is 0 Å². The maximum Gasteiger partial charge on any atom is 0.268 e. The lowest BCUT2D eigenvalue weighted by Crippen LogP contribution is -2.22. The summed E-state index contributed by atoms with van der Waals surface area (Å²) in [6, 6.07) is 8.72. The molecule has 2 aromatic heterocycles. The first-order valence-corrected chi connectivity index (χ1v) is 5.86. The smallest absolute Gasteiger partial charge is 0.268 e. The van der Waals surface area contributed by atoms with Crippen molar-refractivity contribution in [2.45, 2.75) is 0 Å². The van der Waals surface area contributed by atoms with Crippen LogP contribution in [-0.2, 0) is 0 Å². The first-order valence-electron chi connectivity index (χ1n) is 5.86. The van der Waals surface area contributed by atoms with Crippen LogP contribution in [0.4, 0.5) is 0 Å². The molecule has 0 saturated carbocycles. The van der Waals surface area contributed by atoms with Gasteiger partial charge < -0.3 is 11.5 Å². The zero-order chi connectivity index (χ0) is 14.3. The van der Waals surface area contributed by atoms with E-state index in [-0.39, 0.29) is 11.3 Å². The third-order valence-electron chi connectivity index (χ3n) is 3.07. The molecule has 0 aliphatic carbocycles. The van der Waals surface area contributed by atoms with E-state index in [2.05, 4.69) is 9.97 Å². The van der Waals surface area contributed by atoms with Crippen LogP contribution in [0.1, 0.15) is 20.8 Å². The van der Waals surface area contributed by atoms with Crippen molar-refractivity contribution in [3.05, 3.63) is 47.8 Å². The Labute approximate surface area is 113 Å². The van der Waals surface area contributed by atoms with E-state index in [1.165, 1.54) is 6.07 Å². The number of pyridine rings is 2. The average molecular weight is 266 g/mol. The molecule has 6 nitrogen and oxygen atoms in total. The summed E-state index contributed by atoms with van der Waals surface area (Å²) in [5.41, 5.74) is 11.7. The summed E-state index contributed by atoms with van der Waals surface area (Å²) in [4.78, 5) is 31.3. The molecule has 0 aliphatic heterocycles. The van der Waals surface area contributed by atoms with Gasteiger partial charge in [0, 0.05) is 17.0 Å². The molecule has 0 fully saturated rings. The number of nitrogens with two attached hydrogens (primary N) is 2. The second-order valence-electron chi connectivity index (χ2n) is 4.32. The lowest BCUT2D eigenvalue weighted by atomic mass is 10.1. The molecule has 3 aromatic rings. The third kappa shape index (κ3) is 1.74. The van der Waals surface area contributed by atoms with E-state index in [1.807, 2.05) is 12.1 Å². The quantitative estimate of drug-likeness (QED) is 0.673. The van der Waals surface area contributed by atoms with Crippen LogP contribution in [0.25, 0.3) is 21.8 Å². The highest BCUT2D eigenvalue weighted by atomic mass is 16.2. The van der Waals surface area contributed by atoms with Crippen LogP contribution in [0, 0.1) is 0 Å². The first-order chi connectivity index (χ1) is 9.58. The molecular weight excluding hydrogens is 256 g/mol. The van der Waals surface area contributed by atoms with Gasteiger partial charge in [-0.05, 0) is 24.3 Å². The predicted molar refractivity (Wildman–Crippen MR) is 74.1 cm³/mol. The lowest BCUT2D eigenvalue weighted by molar-refractivity contribution is 0.0964. The fraction of sp³-hybridized carbons (Fsp3) is 0. The zero-order valence-corrected chi connectivity index (χ0v) is 10.3. The fourth-order valence-electron chi connectivity index (χ4n) is 2.17. The summed E-state index contributed by atoms with van der Waals surface area (Å²) in [6.45, 7) is 0. The van der Waals surface area contributed by atoms with Crippen LogP contribution >= 0.6 is 0 Å². The minimum Gasteiger partial charge on any atom is -0.366 e. The zero-order valence-electron chi connectivity index (χ0n) is 10.3. The van der Waals surface area contributed by atoms with Gasteiger partial charge in [0.2, 0.25) is 0 Å². The van der Waals surface area contributed by atoms with Crippen molar-refractivity contribution in [2.24, 2.45) is 11.5 Å². The Bertz CT molecular complexity index is 874. The van der Waals surface area contributed by atoms with Gasteiger partial charge in [0.25, 0.3) is 11.8 Å². The highest BCUT2D eigenvalue weighted by Gasteiger charge is 2.17. The van der Waals surface area contributed by atoms with E-state index >= 15 is 0 Å². The van der Waals surface area contributed by atoms with Gasteiger partial charge in [-0.15, -0.1) is 0 Å². The average Bonchev–Trinajstić information content (AvgIpc) is 2.45. The number of hydrogen-bond donors (Lipinski definition) is 2. The molecule has 0 aliphatic rings. The Kier molecular flexibility index (Phi) is 2.57. The highest BCUT2D eigenvalue weighted by molar-refractivity contribution is 6.11. The number of benzene rings is 1. The third-order valence-corrected chi connectivity index (χ3v) is 3.07. The summed E-state index contributed by atoms with van der Waals surface area (Å²) in [5.74, 6) is -1.53. The van der Waals surface area contributed by atoms with Gasteiger partial charge in [-0.25, -0.2) is 4.98 Å². The monoisotopic (exact) mass is 266 g/mol. The van der Waals surface area contributed by atoms with Gasteiger partial charge in [-0.3, -0.25) is 14.6 Å². The molecule has 0 saturated heterocycles. The molecule has 6 heteroatoms. The predicted octanol–water partition coefficient (Wildman–Crippen LogP) is 0.981. The normalized spacial score (nSPS) is 10.8. The van der Waals surface area contributed by atoms with E-state index in [0.29, 0.717) is 10.9 Å². The topological polar surface area (TPSA) is 112 Å². The van der Waals surface area contributed by atoms with E-state index in [0.717, 1.165) is 10.9 Å². The van der Waals surface area contributed by atoms with Gasteiger partial charge in [0.1, 0.15) is 5.69 Å².